The van der Waals surface area contributed by atoms with E-state index >= 15 is 0 Å². The maximum atomic E-state index is 13.4. The van der Waals surface area contributed by atoms with Crippen LogP contribution in [0.5, 0.6) is 0 Å². The zero-order valence-electron chi connectivity index (χ0n) is 10.8. The molecule has 0 saturated heterocycles. The highest BCUT2D eigenvalue weighted by molar-refractivity contribution is 5.94. The first-order chi connectivity index (χ1) is 9.20. The fourth-order valence-corrected chi connectivity index (χ4v) is 1.82. The maximum absolute atomic E-state index is 13.4. The molecule has 1 N–H and O–H groups in total. The quantitative estimate of drug-likeness (QED) is 0.894. The lowest BCUT2D eigenvalue weighted by Gasteiger charge is -2.06. The van der Waals surface area contributed by atoms with Gasteiger partial charge in [0.2, 0.25) is 0 Å². The van der Waals surface area contributed by atoms with Gasteiger partial charge in [0.1, 0.15) is 5.82 Å². The summed E-state index contributed by atoms with van der Waals surface area (Å²) in [5.74, 6) is -0.890. The number of amides is 1. The van der Waals surface area contributed by atoms with Crippen LogP contribution in [0.15, 0.2) is 48.5 Å². The average Bonchev–Trinajstić information content (AvgIpc) is 2.46. The van der Waals surface area contributed by atoms with Gasteiger partial charge < -0.3 is 5.32 Å². The molecule has 98 valence electrons. The molecular weight excluding hydrogens is 241 g/mol. The number of hydrogen-bond acceptors (Lipinski definition) is 1. The van der Waals surface area contributed by atoms with Crippen molar-refractivity contribution in [3.63, 3.8) is 0 Å². The Morgan fingerprint density at radius 3 is 2.32 bits per heavy atom. The van der Waals surface area contributed by atoms with E-state index in [1.165, 1.54) is 17.7 Å². The summed E-state index contributed by atoms with van der Waals surface area (Å²) in [5, 5.41) is 2.71. The van der Waals surface area contributed by atoms with Crippen molar-refractivity contribution in [1.29, 1.82) is 0 Å². The van der Waals surface area contributed by atoms with E-state index in [-0.39, 0.29) is 5.56 Å². The standard InChI is InChI=1S/C16H16FNO/c1-2-12-7-9-13(10-8-12)11-18-16(19)14-5-3-4-6-15(14)17/h3-10H,2,11H2,1H3,(H,18,19). The number of aryl methyl sites for hydroxylation is 1. The molecule has 0 fully saturated rings. The smallest absolute Gasteiger partial charge is 0.254 e. The van der Waals surface area contributed by atoms with Gasteiger partial charge in [0.25, 0.3) is 5.91 Å². The summed E-state index contributed by atoms with van der Waals surface area (Å²) >= 11 is 0. The van der Waals surface area contributed by atoms with Crippen LogP contribution in [0.2, 0.25) is 0 Å². The van der Waals surface area contributed by atoms with Crippen LogP contribution >= 0.6 is 0 Å². The van der Waals surface area contributed by atoms with Gasteiger partial charge in [-0.15, -0.1) is 0 Å². The molecule has 3 heteroatoms. The third kappa shape index (κ3) is 3.41. The molecule has 0 spiro atoms. The Hall–Kier alpha value is -2.16. The molecular formula is C16H16FNO. The van der Waals surface area contributed by atoms with E-state index in [2.05, 4.69) is 12.2 Å². The van der Waals surface area contributed by atoms with Crippen LogP contribution in [0.3, 0.4) is 0 Å². The summed E-state index contributed by atoms with van der Waals surface area (Å²) in [6, 6.07) is 14.0. The largest absolute Gasteiger partial charge is 0.348 e. The van der Waals surface area contributed by atoms with E-state index in [4.69, 9.17) is 0 Å². The molecule has 2 nitrogen and oxygen atoms in total. The molecule has 19 heavy (non-hydrogen) atoms. The number of carbonyl (C=O) groups excluding carboxylic acids is 1. The first-order valence-electron chi connectivity index (χ1n) is 6.31. The summed E-state index contributed by atoms with van der Waals surface area (Å²) in [4.78, 5) is 11.8. The van der Waals surface area contributed by atoms with Crippen LogP contribution in [-0.2, 0) is 13.0 Å². The Balaban J connectivity index is 1.98. The first kappa shape index (κ1) is 13.3. The predicted molar refractivity (Wildman–Crippen MR) is 73.4 cm³/mol. The van der Waals surface area contributed by atoms with E-state index in [0.717, 1.165) is 12.0 Å². The summed E-state index contributed by atoms with van der Waals surface area (Å²) in [7, 11) is 0. The number of hydrogen-bond donors (Lipinski definition) is 1. The normalized spacial score (nSPS) is 10.2. The number of carbonyl (C=O) groups is 1. The third-order valence-corrected chi connectivity index (χ3v) is 3.00. The monoisotopic (exact) mass is 257 g/mol. The van der Waals surface area contributed by atoms with E-state index < -0.39 is 11.7 Å². The van der Waals surface area contributed by atoms with Gasteiger partial charge in [-0.1, -0.05) is 43.3 Å². The molecule has 0 bridgehead atoms. The summed E-state index contributed by atoms with van der Waals surface area (Å²) in [5.41, 5.74) is 2.33. The Morgan fingerprint density at radius 1 is 1.05 bits per heavy atom. The van der Waals surface area contributed by atoms with Crippen molar-refractivity contribution in [2.24, 2.45) is 0 Å². The molecule has 0 aliphatic carbocycles. The average molecular weight is 257 g/mol. The molecule has 2 aromatic carbocycles. The number of halogens is 1. The molecule has 0 atom stereocenters. The van der Waals surface area contributed by atoms with E-state index in [0.29, 0.717) is 6.54 Å². The molecule has 2 rings (SSSR count). The highest BCUT2D eigenvalue weighted by atomic mass is 19.1. The zero-order chi connectivity index (χ0) is 13.7. The lowest BCUT2D eigenvalue weighted by molar-refractivity contribution is 0.0947. The molecule has 0 aliphatic heterocycles. The van der Waals surface area contributed by atoms with Gasteiger partial charge in [0.15, 0.2) is 0 Å². The van der Waals surface area contributed by atoms with Crippen LogP contribution < -0.4 is 5.32 Å². The van der Waals surface area contributed by atoms with Gasteiger partial charge in [-0.3, -0.25) is 4.79 Å². The Bertz CT molecular complexity index is 563. The lowest BCUT2D eigenvalue weighted by Crippen LogP contribution is -2.23. The molecule has 0 heterocycles. The van der Waals surface area contributed by atoms with Crippen molar-refractivity contribution >= 4 is 5.91 Å². The van der Waals surface area contributed by atoms with Crippen molar-refractivity contribution in [3.8, 4) is 0 Å². The Labute approximate surface area is 112 Å². The van der Waals surface area contributed by atoms with Gasteiger partial charge in [0, 0.05) is 6.54 Å². The molecule has 0 saturated carbocycles. The summed E-state index contributed by atoms with van der Waals surface area (Å²) < 4.78 is 13.4. The maximum Gasteiger partial charge on any atom is 0.254 e. The highest BCUT2D eigenvalue weighted by Crippen LogP contribution is 2.08. The third-order valence-electron chi connectivity index (χ3n) is 3.00. The predicted octanol–water partition coefficient (Wildman–Crippen LogP) is 3.32. The molecule has 0 aliphatic rings. The van der Waals surface area contributed by atoms with E-state index in [1.807, 2.05) is 24.3 Å². The van der Waals surface area contributed by atoms with Crippen molar-refractivity contribution in [1.82, 2.24) is 5.32 Å². The minimum atomic E-state index is -0.499. The van der Waals surface area contributed by atoms with E-state index in [1.54, 1.807) is 12.1 Å². The minimum Gasteiger partial charge on any atom is -0.348 e. The second-order valence-electron chi connectivity index (χ2n) is 4.33. The Morgan fingerprint density at radius 2 is 1.68 bits per heavy atom. The number of benzene rings is 2. The van der Waals surface area contributed by atoms with Gasteiger partial charge in [-0.25, -0.2) is 4.39 Å². The minimum absolute atomic E-state index is 0.0766. The molecule has 2 aromatic rings. The van der Waals surface area contributed by atoms with Crippen molar-refractivity contribution < 1.29 is 9.18 Å². The molecule has 0 unspecified atom stereocenters. The first-order valence-corrected chi connectivity index (χ1v) is 6.31. The van der Waals surface area contributed by atoms with E-state index in [9.17, 15) is 9.18 Å². The fraction of sp³-hybridized carbons (Fsp3) is 0.188. The lowest BCUT2D eigenvalue weighted by atomic mass is 10.1. The van der Waals surface area contributed by atoms with Crippen LogP contribution in [-0.4, -0.2) is 5.91 Å². The fourth-order valence-electron chi connectivity index (χ4n) is 1.82. The van der Waals surface area contributed by atoms with Gasteiger partial charge in [-0.05, 0) is 29.7 Å². The number of nitrogens with one attached hydrogen (secondary N) is 1. The summed E-state index contributed by atoms with van der Waals surface area (Å²) in [6.07, 6.45) is 0.988. The highest BCUT2D eigenvalue weighted by Gasteiger charge is 2.09. The van der Waals surface area contributed by atoms with Gasteiger partial charge in [-0.2, -0.15) is 0 Å². The van der Waals surface area contributed by atoms with Crippen LogP contribution in [0.1, 0.15) is 28.4 Å². The SMILES string of the molecule is CCc1ccc(CNC(=O)c2ccccc2F)cc1. The number of rotatable bonds is 4. The van der Waals surface area contributed by atoms with Gasteiger partial charge in [0.05, 0.1) is 5.56 Å². The molecule has 0 aromatic heterocycles. The van der Waals surface area contributed by atoms with Crippen LogP contribution in [0.4, 0.5) is 4.39 Å². The van der Waals surface area contributed by atoms with Crippen LogP contribution in [0, 0.1) is 5.82 Å². The summed E-state index contributed by atoms with van der Waals surface area (Å²) in [6.45, 7) is 2.49. The molecule has 0 radical (unpaired) electrons. The van der Waals surface area contributed by atoms with Crippen LogP contribution in [0.25, 0.3) is 0 Å². The second-order valence-corrected chi connectivity index (χ2v) is 4.33. The zero-order valence-corrected chi connectivity index (χ0v) is 10.8. The van der Waals surface area contributed by atoms with Crippen molar-refractivity contribution in [3.05, 3.63) is 71.0 Å². The second kappa shape index (κ2) is 6.14. The molecule has 1 amide bonds. The van der Waals surface area contributed by atoms with Crippen molar-refractivity contribution in [2.45, 2.75) is 19.9 Å². The topological polar surface area (TPSA) is 29.1 Å². The Kier molecular flexibility index (Phi) is 4.29. The van der Waals surface area contributed by atoms with Crippen molar-refractivity contribution in [2.75, 3.05) is 0 Å². The van der Waals surface area contributed by atoms with Gasteiger partial charge >= 0.3 is 0 Å².